The standard InChI is InChI=1S/C18H16ClNO3S/c1-13-5-7-16(8-6-13)20(17-9-10-24(22,23)12-17)18(21)14-3-2-4-15(19)11-14/h2-11,17H,12H2,1H3/t17-/m1/s1. The van der Waals surface area contributed by atoms with Crippen LogP contribution in [0.5, 0.6) is 0 Å². The Morgan fingerprint density at radius 1 is 1.17 bits per heavy atom. The first-order valence-corrected chi connectivity index (χ1v) is 9.52. The highest BCUT2D eigenvalue weighted by molar-refractivity contribution is 7.94. The van der Waals surface area contributed by atoms with Crippen molar-refractivity contribution >= 4 is 33.0 Å². The summed E-state index contributed by atoms with van der Waals surface area (Å²) in [4.78, 5) is 14.5. The van der Waals surface area contributed by atoms with Crippen molar-refractivity contribution in [3.8, 4) is 0 Å². The predicted molar refractivity (Wildman–Crippen MR) is 96.2 cm³/mol. The molecule has 2 aromatic carbocycles. The van der Waals surface area contributed by atoms with Crippen molar-refractivity contribution in [2.75, 3.05) is 10.7 Å². The van der Waals surface area contributed by atoms with Crippen LogP contribution in [0.4, 0.5) is 5.69 Å². The van der Waals surface area contributed by atoms with E-state index in [-0.39, 0.29) is 11.7 Å². The van der Waals surface area contributed by atoms with Crippen LogP contribution in [0.25, 0.3) is 0 Å². The molecule has 4 nitrogen and oxygen atoms in total. The van der Waals surface area contributed by atoms with Gasteiger partial charge in [-0.2, -0.15) is 0 Å². The number of hydrogen-bond donors (Lipinski definition) is 0. The largest absolute Gasteiger partial charge is 0.300 e. The van der Waals surface area contributed by atoms with Crippen LogP contribution < -0.4 is 4.90 Å². The average molecular weight is 362 g/mol. The van der Waals surface area contributed by atoms with Crippen LogP contribution in [0.15, 0.2) is 60.0 Å². The quantitative estimate of drug-likeness (QED) is 0.839. The summed E-state index contributed by atoms with van der Waals surface area (Å²) in [5, 5.41) is 1.63. The van der Waals surface area contributed by atoms with E-state index in [1.165, 1.54) is 10.3 Å². The van der Waals surface area contributed by atoms with Crippen molar-refractivity contribution in [2.45, 2.75) is 13.0 Å². The van der Waals surface area contributed by atoms with E-state index in [2.05, 4.69) is 0 Å². The zero-order valence-electron chi connectivity index (χ0n) is 13.0. The predicted octanol–water partition coefficient (Wildman–Crippen LogP) is 3.61. The number of halogens is 1. The van der Waals surface area contributed by atoms with E-state index in [1.54, 1.807) is 30.3 Å². The molecule has 0 aromatic heterocycles. The Kier molecular flexibility index (Phi) is 4.47. The third-order valence-electron chi connectivity index (χ3n) is 3.85. The fourth-order valence-electron chi connectivity index (χ4n) is 2.65. The van der Waals surface area contributed by atoms with Crippen molar-refractivity contribution in [2.24, 2.45) is 0 Å². The van der Waals surface area contributed by atoms with Gasteiger partial charge in [0.15, 0.2) is 9.84 Å². The molecule has 1 atom stereocenters. The maximum Gasteiger partial charge on any atom is 0.258 e. The first-order valence-electron chi connectivity index (χ1n) is 7.42. The highest BCUT2D eigenvalue weighted by Crippen LogP contribution is 2.26. The number of amides is 1. The highest BCUT2D eigenvalue weighted by atomic mass is 35.5. The van der Waals surface area contributed by atoms with Gasteiger partial charge in [0.2, 0.25) is 0 Å². The smallest absolute Gasteiger partial charge is 0.258 e. The number of anilines is 1. The molecule has 0 fully saturated rings. The topological polar surface area (TPSA) is 54.5 Å². The molecule has 1 amide bonds. The summed E-state index contributed by atoms with van der Waals surface area (Å²) < 4.78 is 23.6. The van der Waals surface area contributed by atoms with Crippen LogP contribution >= 0.6 is 11.6 Å². The van der Waals surface area contributed by atoms with Crippen molar-refractivity contribution in [3.63, 3.8) is 0 Å². The van der Waals surface area contributed by atoms with E-state index in [4.69, 9.17) is 11.6 Å². The van der Waals surface area contributed by atoms with Crippen molar-refractivity contribution in [1.29, 1.82) is 0 Å². The molecule has 6 heteroatoms. The Labute approximate surface area is 146 Å². The molecule has 1 aliphatic rings. The minimum atomic E-state index is -3.28. The monoisotopic (exact) mass is 361 g/mol. The summed E-state index contributed by atoms with van der Waals surface area (Å²) >= 11 is 5.98. The van der Waals surface area contributed by atoms with Gasteiger partial charge in [-0.1, -0.05) is 35.4 Å². The summed E-state index contributed by atoms with van der Waals surface area (Å²) in [7, 11) is -3.28. The third-order valence-corrected chi connectivity index (χ3v) is 5.46. The Morgan fingerprint density at radius 2 is 1.88 bits per heavy atom. The van der Waals surface area contributed by atoms with E-state index in [9.17, 15) is 13.2 Å². The van der Waals surface area contributed by atoms with Gasteiger partial charge in [0.05, 0.1) is 11.8 Å². The molecule has 0 bridgehead atoms. The maximum atomic E-state index is 13.0. The van der Waals surface area contributed by atoms with Crippen LogP contribution in [-0.2, 0) is 9.84 Å². The lowest BCUT2D eigenvalue weighted by molar-refractivity contribution is 0.0983. The number of carbonyl (C=O) groups is 1. The van der Waals surface area contributed by atoms with Crippen molar-refractivity contribution in [1.82, 2.24) is 0 Å². The average Bonchev–Trinajstić information content (AvgIpc) is 2.89. The minimum absolute atomic E-state index is 0.118. The molecule has 0 saturated carbocycles. The van der Waals surface area contributed by atoms with E-state index in [0.717, 1.165) is 5.56 Å². The molecule has 2 aromatic rings. The fraction of sp³-hybridized carbons (Fsp3) is 0.167. The third kappa shape index (κ3) is 3.52. The second-order valence-corrected chi connectivity index (χ2v) is 8.11. The van der Waals surface area contributed by atoms with Gasteiger partial charge < -0.3 is 4.90 Å². The SMILES string of the molecule is Cc1ccc(N(C(=O)c2cccc(Cl)c2)[C@@H]2C=CS(=O)(=O)C2)cc1. The van der Waals surface area contributed by atoms with Crippen LogP contribution in [0, 0.1) is 6.92 Å². The first-order chi connectivity index (χ1) is 11.4. The Morgan fingerprint density at radius 3 is 2.46 bits per heavy atom. The van der Waals surface area contributed by atoms with Gasteiger partial charge in [0.1, 0.15) is 0 Å². The number of nitrogens with zero attached hydrogens (tertiary/aromatic N) is 1. The second-order valence-electron chi connectivity index (χ2n) is 5.75. The molecule has 24 heavy (non-hydrogen) atoms. The number of rotatable bonds is 3. The number of sulfone groups is 1. The minimum Gasteiger partial charge on any atom is -0.300 e. The van der Waals surface area contributed by atoms with Gasteiger partial charge >= 0.3 is 0 Å². The van der Waals surface area contributed by atoms with Crippen molar-refractivity contribution in [3.05, 3.63) is 76.2 Å². The molecular formula is C18H16ClNO3S. The second kappa shape index (κ2) is 6.42. The lowest BCUT2D eigenvalue weighted by Gasteiger charge is -2.28. The maximum absolute atomic E-state index is 13.0. The summed E-state index contributed by atoms with van der Waals surface area (Å²) in [6.07, 6.45) is 1.55. The van der Waals surface area contributed by atoms with E-state index in [1.807, 2.05) is 31.2 Å². The zero-order chi connectivity index (χ0) is 17.3. The molecule has 0 spiro atoms. The lowest BCUT2D eigenvalue weighted by atomic mass is 10.1. The lowest BCUT2D eigenvalue weighted by Crippen LogP contribution is -2.41. The molecule has 0 aliphatic carbocycles. The molecule has 1 heterocycles. The van der Waals surface area contributed by atoms with E-state index < -0.39 is 15.9 Å². The Hall–Kier alpha value is -2.11. The summed E-state index contributed by atoms with van der Waals surface area (Å²) in [6, 6.07) is 13.5. The van der Waals surface area contributed by atoms with Crippen LogP contribution in [0.3, 0.4) is 0 Å². The summed E-state index contributed by atoms with van der Waals surface area (Å²) in [5.74, 6) is -0.402. The van der Waals surface area contributed by atoms with Gasteiger partial charge in [-0.3, -0.25) is 4.79 Å². The number of benzene rings is 2. The van der Waals surface area contributed by atoms with Crippen molar-refractivity contribution < 1.29 is 13.2 Å². The van der Waals surface area contributed by atoms with Crippen LogP contribution in [0.2, 0.25) is 5.02 Å². The molecular weight excluding hydrogens is 346 g/mol. The zero-order valence-corrected chi connectivity index (χ0v) is 14.6. The molecule has 3 rings (SSSR count). The molecule has 0 unspecified atom stereocenters. The van der Waals surface area contributed by atoms with Crippen LogP contribution in [-0.4, -0.2) is 26.1 Å². The molecule has 0 saturated heterocycles. The van der Waals surface area contributed by atoms with E-state index >= 15 is 0 Å². The number of carbonyl (C=O) groups excluding carboxylic acids is 1. The van der Waals surface area contributed by atoms with Gasteiger partial charge in [-0.25, -0.2) is 8.42 Å². The van der Waals surface area contributed by atoms with E-state index in [0.29, 0.717) is 16.3 Å². The molecule has 1 aliphatic heterocycles. The Bertz CT molecular complexity index is 904. The summed E-state index contributed by atoms with van der Waals surface area (Å²) in [5.41, 5.74) is 2.13. The van der Waals surface area contributed by atoms with Crippen LogP contribution in [0.1, 0.15) is 15.9 Å². The molecule has 124 valence electrons. The van der Waals surface area contributed by atoms with Gasteiger partial charge in [-0.05, 0) is 43.3 Å². The Balaban J connectivity index is 2.03. The highest BCUT2D eigenvalue weighted by Gasteiger charge is 2.32. The fourth-order valence-corrected chi connectivity index (χ4v) is 4.10. The number of aryl methyl sites for hydroxylation is 1. The first kappa shape index (κ1) is 16.7. The van der Waals surface area contributed by atoms with Gasteiger partial charge in [0, 0.05) is 21.7 Å². The molecule has 0 radical (unpaired) electrons. The van der Waals surface area contributed by atoms with Gasteiger partial charge in [0.25, 0.3) is 5.91 Å². The normalized spacial score (nSPS) is 18.5. The van der Waals surface area contributed by atoms with Gasteiger partial charge in [-0.15, -0.1) is 0 Å². The number of hydrogen-bond acceptors (Lipinski definition) is 3. The molecule has 0 N–H and O–H groups in total. The summed E-state index contributed by atoms with van der Waals surface area (Å²) in [6.45, 7) is 1.95.